The first-order valence-corrected chi connectivity index (χ1v) is 5.97. The normalized spacial score (nSPS) is 13.6. The first-order valence-electron chi connectivity index (χ1n) is 5.09. The Kier molecular flexibility index (Phi) is 3.85. The molecule has 1 N–H and O–H groups in total. The molecule has 1 atom stereocenters. The number of carbonyl (C=O) groups is 1. The Morgan fingerprint density at radius 1 is 1.60 bits per heavy atom. The van der Waals surface area contributed by atoms with Gasteiger partial charge in [0.2, 0.25) is 5.91 Å². The van der Waals surface area contributed by atoms with E-state index in [0.29, 0.717) is 6.54 Å². The summed E-state index contributed by atoms with van der Waals surface area (Å²) in [5.41, 5.74) is -0.317. The van der Waals surface area contributed by atoms with E-state index in [4.69, 9.17) is 0 Å². The molecule has 3 nitrogen and oxygen atoms in total. The first kappa shape index (κ1) is 12.2. The summed E-state index contributed by atoms with van der Waals surface area (Å²) in [5, 5.41) is 5.97. The number of nitrogens with zero attached hydrogens (tertiary/aromatic N) is 1. The molecular formula is C11H18N2OS. The first-order chi connectivity index (χ1) is 6.91. The minimum absolute atomic E-state index is 0.0888. The van der Waals surface area contributed by atoms with Gasteiger partial charge in [0.15, 0.2) is 0 Å². The second kappa shape index (κ2) is 4.75. The lowest BCUT2D eigenvalue weighted by Gasteiger charge is -2.19. The molecule has 0 radical (unpaired) electrons. The molecule has 84 valence electrons. The summed E-state index contributed by atoms with van der Waals surface area (Å²) in [6, 6.07) is 0. The maximum Gasteiger partial charge on any atom is 0.225 e. The fraction of sp³-hybridized carbons (Fsp3) is 0.636. The average molecular weight is 226 g/mol. The maximum absolute atomic E-state index is 11.6. The van der Waals surface area contributed by atoms with Crippen LogP contribution in [0.4, 0.5) is 0 Å². The van der Waals surface area contributed by atoms with Gasteiger partial charge in [0.05, 0.1) is 5.01 Å². The van der Waals surface area contributed by atoms with E-state index in [1.54, 1.807) is 17.5 Å². The van der Waals surface area contributed by atoms with Crippen LogP contribution >= 0.6 is 11.3 Å². The second-order valence-corrected chi connectivity index (χ2v) is 5.66. The van der Waals surface area contributed by atoms with Crippen molar-refractivity contribution in [3.63, 3.8) is 0 Å². The fourth-order valence-corrected chi connectivity index (χ4v) is 1.77. The number of carbonyl (C=O) groups excluding carboxylic acids is 1. The van der Waals surface area contributed by atoms with Crippen molar-refractivity contribution in [3.8, 4) is 0 Å². The van der Waals surface area contributed by atoms with E-state index in [0.717, 1.165) is 5.01 Å². The van der Waals surface area contributed by atoms with Gasteiger partial charge in [0.25, 0.3) is 0 Å². The predicted octanol–water partition coefficient (Wildman–Crippen LogP) is 2.41. The third kappa shape index (κ3) is 3.63. The summed E-state index contributed by atoms with van der Waals surface area (Å²) >= 11 is 1.63. The fourth-order valence-electron chi connectivity index (χ4n) is 1.08. The van der Waals surface area contributed by atoms with E-state index in [1.807, 2.05) is 26.2 Å². The van der Waals surface area contributed by atoms with Gasteiger partial charge in [-0.3, -0.25) is 4.79 Å². The molecule has 1 amide bonds. The molecule has 4 heteroatoms. The van der Waals surface area contributed by atoms with Gasteiger partial charge < -0.3 is 5.32 Å². The topological polar surface area (TPSA) is 42.0 Å². The Bertz CT molecular complexity index is 314. The smallest absolute Gasteiger partial charge is 0.225 e. The summed E-state index contributed by atoms with van der Waals surface area (Å²) in [6.45, 7) is 8.47. The molecule has 1 aromatic heterocycles. The average Bonchev–Trinajstić information content (AvgIpc) is 2.64. The molecular weight excluding hydrogens is 208 g/mol. The Morgan fingerprint density at radius 3 is 2.73 bits per heavy atom. The van der Waals surface area contributed by atoms with Crippen molar-refractivity contribution in [3.05, 3.63) is 16.6 Å². The Balaban J connectivity index is 2.42. The van der Waals surface area contributed by atoms with Crippen LogP contribution in [0, 0.1) is 5.41 Å². The molecule has 1 heterocycles. The molecule has 0 saturated heterocycles. The van der Waals surface area contributed by atoms with E-state index in [1.165, 1.54) is 0 Å². The third-order valence-electron chi connectivity index (χ3n) is 2.12. The number of nitrogens with one attached hydrogen (secondary N) is 1. The van der Waals surface area contributed by atoms with Gasteiger partial charge in [-0.2, -0.15) is 0 Å². The SMILES string of the molecule is CC(CNC(=O)C(C)(C)C)c1nccs1. The molecule has 0 aromatic carbocycles. The highest BCUT2D eigenvalue weighted by Gasteiger charge is 2.21. The van der Waals surface area contributed by atoms with Gasteiger partial charge in [-0.05, 0) is 0 Å². The lowest BCUT2D eigenvalue weighted by atomic mass is 9.95. The van der Waals surface area contributed by atoms with Crippen LogP contribution in [0.2, 0.25) is 0 Å². The standard InChI is InChI=1S/C11H18N2OS/c1-8(9-12-5-6-15-9)7-13-10(14)11(2,3)4/h5-6,8H,7H2,1-4H3,(H,13,14). The number of rotatable bonds is 3. The Hall–Kier alpha value is -0.900. The molecule has 0 fully saturated rings. The van der Waals surface area contributed by atoms with Crippen molar-refractivity contribution in [2.45, 2.75) is 33.6 Å². The Morgan fingerprint density at radius 2 is 2.27 bits per heavy atom. The number of thiazole rings is 1. The van der Waals surface area contributed by atoms with Crippen molar-refractivity contribution in [2.24, 2.45) is 5.41 Å². The zero-order valence-corrected chi connectivity index (χ0v) is 10.5. The van der Waals surface area contributed by atoms with Crippen LogP contribution in [-0.4, -0.2) is 17.4 Å². The predicted molar refractivity (Wildman–Crippen MR) is 63.0 cm³/mol. The lowest BCUT2D eigenvalue weighted by Crippen LogP contribution is -2.36. The molecule has 15 heavy (non-hydrogen) atoms. The molecule has 0 saturated carbocycles. The van der Waals surface area contributed by atoms with E-state index in [2.05, 4.69) is 17.2 Å². The van der Waals surface area contributed by atoms with Crippen molar-refractivity contribution in [1.82, 2.24) is 10.3 Å². The summed E-state index contributed by atoms with van der Waals surface area (Å²) in [4.78, 5) is 15.8. The highest BCUT2D eigenvalue weighted by atomic mass is 32.1. The monoisotopic (exact) mass is 226 g/mol. The molecule has 1 rings (SSSR count). The van der Waals surface area contributed by atoms with Gasteiger partial charge >= 0.3 is 0 Å². The molecule has 0 bridgehead atoms. The summed E-state index contributed by atoms with van der Waals surface area (Å²) in [7, 11) is 0. The number of amides is 1. The molecule has 1 unspecified atom stereocenters. The van der Waals surface area contributed by atoms with Crippen molar-refractivity contribution in [2.75, 3.05) is 6.54 Å². The van der Waals surface area contributed by atoms with Gasteiger partial charge in [-0.1, -0.05) is 27.7 Å². The quantitative estimate of drug-likeness (QED) is 0.860. The van der Waals surface area contributed by atoms with Crippen LogP contribution in [0.15, 0.2) is 11.6 Å². The summed E-state index contributed by atoms with van der Waals surface area (Å²) in [5.74, 6) is 0.377. The van der Waals surface area contributed by atoms with Gasteiger partial charge in [-0.15, -0.1) is 11.3 Å². The zero-order chi connectivity index (χ0) is 11.5. The molecule has 1 aromatic rings. The molecule has 0 spiro atoms. The minimum atomic E-state index is -0.317. The van der Waals surface area contributed by atoms with Crippen LogP contribution in [0.3, 0.4) is 0 Å². The van der Waals surface area contributed by atoms with Crippen molar-refractivity contribution in [1.29, 1.82) is 0 Å². The zero-order valence-electron chi connectivity index (χ0n) is 9.70. The second-order valence-electron chi connectivity index (χ2n) is 4.73. The Labute approximate surface area is 94.9 Å². The van der Waals surface area contributed by atoms with Crippen molar-refractivity contribution < 1.29 is 4.79 Å². The molecule has 0 aliphatic carbocycles. The minimum Gasteiger partial charge on any atom is -0.355 e. The lowest BCUT2D eigenvalue weighted by molar-refractivity contribution is -0.128. The van der Waals surface area contributed by atoms with Gasteiger partial charge in [0.1, 0.15) is 0 Å². The van der Waals surface area contributed by atoms with Crippen LogP contribution in [-0.2, 0) is 4.79 Å². The summed E-state index contributed by atoms with van der Waals surface area (Å²) in [6.07, 6.45) is 1.79. The van der Waals surface area contributed by atoms with Gasteiger partial charge in [-0.25, -0.2) is 4.98 Å². The van der Waals surface area contributed by atoms with Crippen LogP contribution in [0.5, 0.6) is 0 Å². The van der Waals surface area contributed by atoms with Crippen LogP contribution < -0.4 is 5.32 Å². The number of aromatic nitrogens is 1. The van der Waals surface area contributed by atoms with Crippen LogP contribution in [0.25, 0.3) is 0 Å². The largest absolute Gasteiger partial charge is 0.355 e. The maximum atomic E-state index is 11.6. The summed E-state index contributed by atoms with van der Waals surface area (Å²) < 4.78 is 0. The van der Waals surface area contributed by atoms with Crippen LogP contribution in [0.1, 0.15) is 38.6 Å². The van der Waals surface area contributed by atoms with E-state index in [-0.39, 0.29) is 17.2 Å². The van der Waals surface area contributed by atoms with Crippen molar-refractivity contribution >= 4 is 17.2 Å². The number of hydrogen-bond donors (Lipinski definition) is 1. The van der Waals surface area contributed by atoms with E-state index < -0.39 is 0 Å². The third-order valence-corrected chi connectivity index (χ3v) is 3.13. The molecule has 0 aliphatic rings. The number of hydrogen-bond acceptors (Lipinski definition) is 3. The van der Waals surface area contributed by atoms with Gasteiger partial charge in [0, 0.05) is 29.5 Å². The highest BCUT2D eigenvalue weighted by molar-refractivity contribution is 7.09. The van der Waals surface area contributed by atoms with E-state index >= 15 is 0 Å². The van der Waals surface area contributed by atoms with E-state index in [9.17, 15) is 4.79 Å². The highest BCUT2D eigenvalue weighted by Crippen LogP contribution is 2.18. The molecule has 0 aliphatic heterocycles.